The van der Waals surface area contributed by atoms with Crippen LogP contribution in [0.25, 0.3) is 11.0 Å². The summed E-state index contributed by atoms with van der Waals surface area (Å²) in [6.45, 7) is 4.10. The number of thioether (sulfide) groups is 1. The van der Waals surface area contributed by atoms with E-state index in [1.54, 1.807) is 11.8 Å². The number of para-hydroxylation sites is 2. The number of imidazole rings is 1. The Hall–Kier alpha value is -2.27. The first-order chi connectivity index (χ1) is 12.2. The SMILES string of the molecule is CCC(C)OC(=O)Cn1c(SCc2ccccc2)nc2ccccc21. The number of rotatable bonds is 7. The maximum atomic E-state index is 12.3. The summed E-state index contributed by atoms with van der Waals surface area (Å²) in [7, 11) is 0. The van der Waals surface area contributed by atoms with E-state index in [4.69, 9.17) is 9.72 Å². The minimum atomic E-state index is -0.223. The fourth-order valence-electron chi connectivity index (χ4n) is 2.51. The third-order valence-corrected chi connectivity index (χ3v) is 5.07. The Morgan fingerprint density at radius 3 is 2.64 bits per heavy atom. The number of carbonyl (C=O) groups excluding carboxylic acids is 1. The van der Waals surface area contributed by atoms with Gasteiger partial charge in [0.2, 0.25) is 0 Å². The van der Waals surface area contributed by atoms with Crippen LogP contribution >= 0.6 is 11.8 Å². The van der Waals surface area contributed by atoms with Crippen molar-refractivity contribution in [2.45, 2.75) is 43.8 Å². The number of benzene rings is 2. The van der Waals surface area contributed by atoms with Crippen LogP contribution in [0.4, 0.5) is 0 Å². The van der Waals surface area contributed by atoms with Crippen LogP contribution in [-0.2, 0) is 21.8 Å². The van der Waals surface area contributed by atoms with Gasteiger partial charge in [0.05, 0.1) is 17.1 Å². The highest BCUT2D eigenvalue weighted by atomic mass is 32.2. The molecule has 0 aliphatic rings. The van der Waals surface area contributed by atoms with Crippen molar-refractivity contribution in [1.82, 2.24) is 9.55 Å². The molecule has 0 N–H and O–H groups in total. The number of fused-ring (bicyclic) bond motifs is 1. The van der Waals surface area contributed by atoms with E-state index in [0.717, 1.165) is 28.4 Å². The van der Waals surface area contributed by atoms with Gasteiger partial charge in [-0.2, -0.15) is 0 Å². The van der Waals surface area contributed by atoms with Crippen LogP contribution in [0.2, 0.25) is 0 Å². The Labute approximate surface area is 152 Å². The van der Waals surface area contributed by atoms with Crippen LogP contribution in [0.1, 0.15) is 25.8 Å². The normalized spacial score (nSPS) is 12.2. The largest absolute Gasteiger partial charge is 0.461 e. The topological polar surface area (TPSA) is 44.1 Å². The first-order valence-corrected chi connectivity index (χ1v) is 9.47. The van der Waals surface area contributed by atoms with Crippen molar-refractivity contribution >= 4 is 28.8 Å². The van der Waals surface area contributed by atoms with Crippen LogP contribution in [0.3, 0.4) is 0 Å². The van der Waals surface area contributed by atoms with E-state index in [0.29, 0.717) is 0 Å². The van der Waals surface area contributed by atoms with Gasteiger partial charge in [0, 0.05) is 5.75 Å². The molecule has 0 bridgehead atoms. The first kappa shape index (κ1) is 17.5. The predicted octanol–water partition coefficient (Wildman–Crippen LogP) is 4.67. The summed E-state index contributed by atoms with van der Waals surface area (Å²) in [6, 6.07) is 18.1. The zero-order valence-electron chi connectivity index (χ0n) is 14.5. The van der Waals surface area contributed by atoms with Crippen molar-refractivity contribution in [2.24, 2.45) is 0 Å². The summed E-state index contributed by atoms with van der Waals surface area (Å²) >= 11 is 1.64. The minimum Gasteiger partial charge on any atom is -0.461 e. The number of carbonyl (C=O) groups is 1. The number of hydrogen-bond donors (Lipinski definition) is 0. The molecule has 0 amide bonds. The van der Waals surface area contributed by atoms with E-state index in [-0.39, 0.29) is 18.6 Å². The second-order valence-electron chi connectivity index (χ2n) is 5.95. The van der Waals surface area contributed by atoms with E-state index in [1.807, 2.05) is 60.9 Å². The molecule has 3 aromatic rings. The number of hydrogen-bond acceptors (Lipinski definition) is 4. The monoisotopic (exact) mass is 354 g/mol. The molecular weight excluding hydrogens is 332 g/mol. The van der Waals surface area contributed by atoms with Gasteiger partial charge in [-0.15, -0.1) is 0 Å². The second-order valence-corrected chi connectivity index (χ2v) is 6.89. The molecule has 0 saturated heterocycles. The molecule has 5 heteroatoms. The van der Waals surface area contributed by atoms with Crippen LogP contribution in [0.15, 0.2) is 59.8 Å². The summed E-state index contributed by atoms with van der Waals surface area (Å²) in [5, 5.41) is 0.839. The summed E-state index contributed by atoms with van der Waals surface area (Å²) < 4.78 is 7.39. The third-order valence-electron chi connectivity index (χ3n) is 4.03. The standard InChI is InChI=1S/C20H22N2O2S/c1-3-15(2)24-19(23)13-22-18-12-8-7-11-17(18)21-20(22)25-14-16-9-5-4-6-10-16/h4-12,15H,3,13-14H2,1-2H3. The smallest absolute Gasteiger partial charge is 0.326 e. The Morgan fingerprint density at radius 1 is 1.16 bits per heavy atom. The number of aromatic nitrogens is 2. The van der Waals surface area contributed by atoms with E-state index < -0.39 is 0 Å². The summed E-state index contributed by atoms with van der Waals surface area (Å²) in [5.41, 5.74) is 3.09. The first-order valence-electron chi connectivity index (χ1n) is 8.49. The number of esters is 1. The van der Waals surface area contributed by atoms with Gasteiger partial charge in [0.15, 0.2) is 5.16 Å². The molecule has 4 nitrogen and oxygen atoms in total. The molecule has 0 aliphatic carbocycles. The van der Waals surface area contributed by atoms with E-state index >= 15 is 0 Å². The van der Waals surface area contributed by atoms with Crippen molar-refractivity contribution in [3.8, 4) is 0 Å². The molecule has 25 heavy (non-hydrogen) atoms. The van der Waals surface area contributed by atoms with Crippen LogP contribution in [0, 0.1) is 0 Å². The van der Waals surface area contributed by atoms with Crippen LogP contribution < -0.4 is 0 Å². The lowest BCUT2D eigenvalue weighted by molar-refractivity contribution is -0.149. The van der Waals surface area contributed by atoms with Gasteiger partial charge in [0.25, 0.3) is 0 Å². The number of ether oxygens (including phenoxy) is 1. The van der Waals surface area contributed by atoms with Crippen molar-refractivity contribution in [1.29, 1.82) is 0 Å². The molecule has 0 aliphatic heterocycles. The lowest BCUT2D eigenvalue weighted by Gasteiger charge is -2.13. The van der Waals surface area contributed by atoms with E-state index in [9.17, 15) is 4.79 Å². The van der Waals surface area contributed by atoms with Gasteiger partial charge in [-0.1, -0.05) is 61.2 Å². The zero-order valence-corrected chi connectivity index (χ0v) is 15.3. The average molecular weight is 354 g/mol. The highest BCUT2D eigenvalue weighted by Gasteiger charge is 2.16. The molecule has 1 heterocycles. The van der Waals surface area contributed by atoms with Crippen LogP contribution in [-0.4, -0.2) is 21.6 Å². The Kier molecular flexibility index (Phi) is 5.76. The van der Waals surface area contributed by atoms with Gasteiger partial charge < -0.3 is 9.30 Å². The minimum absolute atomic E-state index is 0.0669. The molecule has 0 fully saturated rings. The van der Waals surface area contributed by atoms with E-state index in [1.165, 1.54) is 5.56 Å². The summed E-state index contributed by atoms with van der Waals surface area (Å²) in [5.74, 6) is 0.587. The van der Waals surface area contributed by atoms with Crippen molar-refractivity contribution in [2.75, 3.05) is 0 Å². The van der Waals surface area contributed by atoms with Gasteiger partial charge in [-0.25, -0.2) is 4.98 Å². The molecule has 1 atom stereocenters. The fourth-order valence-corrected chi connectivity index (χ4v) is 3.48. The maximum Gasteiger partial charge on any atom is 0.326 e. The van der Waals surface area contributed by atoms with Crippen LogP contribution in [0.5, 0.6) is 0 Å². The molecule has 0 spiro atoms. The molecule has 2 aromatic carbocycles. The lowest BCUT2D eigenvalue weighted by atomic mass is 10.2. The Morgan fingerprint density at radius 2 is 1.88 bits per heavy atom. The van der Waals surface area contributed by atoms with E-state index in [2.05, 4.69) is 12.1 Å². The zero-order chi connectivity index (χ0) is 17.6. The molecule has 130 valence electrons. The van der Waals surface area contributed by atoms with Gasteiger partial charge in [0.1, 0.15) is 6.54 Å². The maximum absolute atomic E-state index is 12.3. The highest BCUT2D eigenvalue weighted by Crippen LogP contribution is 2.27. The van der Waals surface area contributed by atoms with Gasteiger partial charge in [-0.3, -0.25) is 4.79 Å². The summed E-state index contributed by atoms with van der Waals surface area (Å²) in [4.78, 5) is 17.0. The molecular formula is C20H22N2O2S. The molecule has 1 unspecified atom stereocenters. The van der Waals surface area contributed by atoms with Gasteiger partial charge >= 0.3 is 5.97 Å². The van der Waals surface area contributed by atoms with Crippen molar-refractivity contribution in [3.63, 3.8) is 0 Å². The molecule has 1 aromatic heterocycles. The molecule has 0 saturated carbocycles. The van der Waals surface area contributed by atoms with Gasteiger partial charge in [-0.05, 0) is 31.0 Å². The quantitative estimate of drug-likeness (QED) is 0.457. The number of nitrogens with zero attached hydrogens (tertiary/aromatic N) is 2. The highest BCUT2D eigenvalue weighted by molar-refractivity contribution is 7.98. The average Bonchev–Trinajstić information content (AvgIpc) is 2.98. The fraction of sp³-hybridized carbons (Fsp3) is 0.300. The third kappa shape index (κ3) is 4.42. The molecule has 0 radical (unpaired) electrons. The second kappa shape index (κ2) is 8.21. The predicted molar refractivity (Wildman–Crippen MR) is 102 cm³/mol. The molecule has 3 rings (SSSR count). The van der Waals surface area contributed by atoms with Crippen molar-refractivity contribution in [3.05, 3.63) is 60.2 Å². The lowest BCUT2D eigenvalue weighted by Crippen LogP contribution is -2.19. The Bertz CT molecular complexity index is 845. The Balaban J connectivity index is 1.83. The van der Waals surface area contributed by atoms with Crippen molar-refractivity contribution < 1.29 is 9.53 Å². The summed E-state index contributed by atoms with van der Waals surface area (Å²) in [6.07, 6.45) is 0.745.